The van der Waals surface area contributed by atoms with Crippen LogP contribution in [0.1, 0.15) is 48.9 Å². The van der Waals surface area contributed by atoms with Gasteiger partial charge in [-0.3, -0.25) is 18.4 Å². The monoisotopic (exact) mass is 1080 g/mol. The number of likely N-dealkylation sites (tertiary alicyclic amines) is 2. The van der Waals surface area contributed by atoms with Crippen molar-refractivity contribution in [1.82, 2.24) is 9.80 Å². The molecule has 0 atom stereocenters. The maximum absolute atomic E-state index is 13.6. The lowest BCUT2D eigenvalue weighted by Crippen LogP contribution is -2.48. The molecule has 2 aliphatic heterocycles. The van der Waals surface area contributed by atoms with Gasteiger partial charge in [-0.15, -0.1) is 22.7 Å². The molecule has 6 aromatic carbocycles. The molecule has 2 aromatic heterocycles. The van der Waals surface area contributed by atoms with Gasteiger partial charge in [0.1, 0.15) is 44.3 Å². The minimum absolute atomic E-state index is 0.00591. The van der Waals surface area contributed by atoms with Crippen LogP contribution in [0.5, 0.6) is 46.0 Å². The molecule has 75 heavy (non-hydrogen) atoms. The van der Waals surface area contributed by atoms with Gasteiger partial charge in [-0.25, -0.2) is 0 Å². The van der Waals surface area contributed by atoms with E-state index >= 15 is 0 Å². The number of hydrogen-bond acceptors (Lipinski definition) is 12. The van der Waals surface area contributed by atoms with Crippen LogP contribution in [0.25, 0.3) is 20.2 Å². The lowest BCUT2D eigenvalue weighted by Gasteiger charge is -2.37. The van der Waals surface area contributed by atoms with Gasteiger partial charge in [0.05, 0.1) is 37.1 Å². The molecule has 0 aliphatic carbocycles. The van der Waals surface area contributed by atoms with E-state index in [9.17, 15) is 41.8 Å². The number of nitrogens with zero attached hydrogens (tertiary/aromatic N) is 2. The molecule has 2 N–H and O–H groups in total. The van der Waals surface area contributed by atoms with Crippen LogP contribution in [0, 0.1) is 11.8 Å². The summed E-state index contributed by atoms with van der Waals surface area (Å²) in [4.78, 5) is 31.6. The topological polar surface area (TPSA) is 118 Å². The van der Waals surface area contributed by atoms with Crippen LogP contribution in [-0.4, -0.2) is 97.4 Å². The molecule has 18 heteroatoms. The first kappa shape index (κ1) is 53.1. The molecule has 0 amide bonds. The van der Waals surface area contributed by atoms with Gasteiger partial charge in [0.2, 0.25) is 11.6 Å². The quantitative estimate of drug-likeness (QED) is 0.0434. The van der Waals surface area contributed by atoms with Crippen molar-refractivity contribution < 1.29 is 60.7 Å². The molecule has 4 heterocycles. The fourth-order valence-corrected chi connectivity index (χ4v) is 11.2. The number of thiophene rings is 2. The average Bonchev–Trinajstić information content (AvgIpc) is 3.93. The number of carbonyl (C=O) groups excluding carboxylic acids is 2. The zero-order valence-electron chi connectivity index (χ0n) is 40.2. The summed E-state index contributed by atoms with van der Waals surface area (Å²) in [6.45, 7) is 5.53. The first-order valence-corrected chi connectivity index (χ1v) is 26.1. The van der Waals surface area contributed by atoms with Gasteiger partial charge in [0, 0.05) is 82.4 Å². The molecular weight excluding hydrogens is 1040 g/mol. The first-order chi connectivity index (χ1) is 36.2. The third-order valence-electron chi connectivity index (χ3n) is 12.6. The molecule has 10 rings (SSSR count). The van der Waals surface area contributed by atoms with Crippen LogP contribution in [0.3, 0.4) is 0 Å². The molecule has 10 nitrogen and oxygen atoms in total. The number of alkyl halides is 5. The second-order valence-corrected chi connectivity index (χ2v) is 20.7. The highest BCUT2D eigenvalue weighted by Crippen LogP contribution is 2.46. The highest BCUT2D eigenvalue weighted by molar-refractivity contribution is 7.22. The largest absolute Gasteiger partial charge is 0.508 e. The number of carbonyl (C=O) groups is 2. The minimum Gasteiger partial charge on any atom is -0.508 e. The number of fused-ring (bicyclic) bond motifs is 2. The minimum atomic E-state index is -4.70. The summed E-state index contributed by atoms with van der Waals surface area (Å²) >= 11 is 8.50. The molecule has 2 aliphatic rings. The average molecular weight is 1090 g/mol. The van der Waals surface area contributed by atoms with Crippen molar-refractivity contribution in [2.75, 3.05) is 65.8 Å². The van der Waals surface area contributed by atoms with Crippen molar-refractivity contribution in [3.63, 3.8) is 0 Å². The molecule has 2 saturated heterocycles. The summed E-state index contributed by atoms with van der Waals surface area (Å²) in [5.74, 6) is 2.17. The summed E-state index contributed by atoms with van der Waals surface area (Å²) in [5, 5.41) is 21.4. The first-order valence-electron chi connectivity index (χ1n) is 24.1. The Bertz CT molecular complexity index is 3270. The molecule has 0 unspecified atom stereocenters. The third-order valence-corrected chi connectivity index (χ3v) is 15.2. The Morgan fingerprint density at radius 2 is 0.987 bits per heavy atom. The van der Waals surface area contributed by atoms with E-state index in [1.165, 1.54) is 35.6 Å². The molecule has 0 radical (unpaired) electrons. The van der Waals surface area contributed by atoms with Crippen LogP contribution >= 0.6 is 34.3 Å². The standard InChI is InChI=1S/C29H25F4NO4S.C28H25ClFNO4S/c30-15-18-16-34(17-18)12-3-13-37-20-7-9-21(10-8-20)38-27-23-11-6-19(35)14-25(23)39-28(27)26(36)22-4-1-2-5-24(22)29(31,32)33;29-24-5-2-1-4-22(24)26(33)28-27(23-11-6-19(32)14-25(23)36-28)35-21-9-7-20(8-10-21)34-13-3-12-31-16-18(15-30)17-31/h1-2,4-11,14,18,35H,3,12-13,15-17H2;1-2,4-11,14,18,32H,3,12-13,15-17H2. The Kier molecular flexibility index (Phi) is 16.9. The van der Waals surface area contributed by atoms with E-state index in [4.69, 9.17) is 30.5 Å². The number of benzene rings is 6. The van der Waals surface area contributed by atoms with Gasteiger partial charge < -0.3 is 39.0 Å². The van der Waals surface area contributed by atoms with Crippen molar-refractivity contribution >= 4 is 66.0 Å². The second kappa shape index (κ2) is 23.8. The smallest absolute Gasteiger partial charge is 0.417 e. The van der Waals surface area contributed by atoms with Gasteiger partial charge >= 0.3 is 6.18 Å². The van der Waals surface area contributed by atoms with Gasteiger partial charge in [-0.2, -0.15) is 13.2 Å². The Morgan fingerprint density at radius 1 is 0.573 bits per heavy atom. The molecule has 2 fully saturated rings. The van der Waals surface area contributed by atoms with E-state index in [1.807, 2.05) is 12.1 Å². The van der Waals surface area contributed by atoms with E-state index < -0.39 is 23.1 Å². The predicted molar refractivity (Wildman–Crippen MR) is 282 cm³/mol. The Hall–Kier alpha value is -6.76. The third kappa shape index (κ3) is 12.8. The van der Waals surface area contributed by atoms with Crippen LogP contribution in [0.2, 0.25) is 5.02 Å². The molecule has 390 valence electrons. The lowest BCUT2D eigenvalue weighted by atomic mass is 10.0. The number of halogens is 6. The Morgan fingerprint density at radius 3 is 1.43 bits per heavy atom. The number of ether oxygens (including phenoxy) is 4. The Labute approximate surface area is 442 Å². The molecule has 8 aromatic rings. The van der Waals surface area contributed by atoms with E-state index in [-0.39, 0.29) is 53.1 Å². The summed E-state index contributed by atoms with van der Waals surface area (Å²) in [5.41, 5.74) is -1.12. The maximum atomic E-state index is 13.6. The van der Waals surface area contributed by atoms with Gasteiger partial charge in [-0.1, -0.05) is 41.9 Å². The van der Waals surface area contributed by atoms with Gasteiger partial charge in [-0.05, 0) is 116 Å². The fraction of sp³-hybridized carbons (Fsp3) is 0.263. The number of ketones is 2. The van der Waals surface area contributed by atoms with Crippen molar-refractivity contribution in [2.24, 2.45) is 11.8 Å². The normalized spacial score (nSPS) is 14.2. The zero-order chi connectivity index (χ0) is 52.6. The number of rotatable bonds is 20. The maximum Gasteiger partial charge on any atom is 0.417 e. The fourth-order valence-electron chi connectivity index (χ4n) is 8.76. The SMILES string of the molecule is O=C(c1ccccc1C(F)(F)F)c1sc2cc(O)ccc2c1Oc1ccc(OCCCN2CC(CF)C2)cc1.O=C(c1ccccc1Cl)c1sc2cc(O)ccc2c1Oc1ccc(OCCCN2CC(CF)C2)cc1. The molecule has 0 bridgehead atoms. The number of phenolic OH excluding ortho intramolecular Hbond substituents is 2. The van der Waals surface area contributed by atoms with Crippen LogP contribution in [0.4, 0.5) is 22.0 Å². The molecular formula is C57H50ClF5N2O8S2. The number of aromatic hydroxyl groups is 2. The Balaban J connectivity index is 0.000000184. The number of hydrogen-bond donors (Lipinski definition) is 2. The molecule has 0 spiro atoms. The van der Waals surface area contributed by atoms with Gasteiger partial charge in [0.25, 0.3) is 0 Å². The van der Waals surface area contributed by atoms with E-state index in [2.05, 4.69) is 9.80 Å². The predicted octanol–water partition coefficient (Wildman–Crippen LogP) is 14.3. The number of phenols is 2. The van der Waals surface area contributed by atoms with Crippen molar-refractivity contribution in [1.29, 1.82) is 0 Å². The van der Waals surface area contributed by atoms with E-state index in [1.54, 1.807) is 84.9 Å². The second-order valence-electron chi connectivity index (χ2n) is 18.2. The van der Waals surface area contributed by atoms with Crippen molar-refractivity contribution in [3.8, 4) is 46.0 Å². The highest BCUT2D eigenvalue weighted by Gasteiger charge is 2.36. The van der Waals surface area contributed by atoms with E-state index in [0.717, 1.165) is 91.4 Å². The van der Waals surface area contributed by atoms with Crippen LogP contribution in [0.15, 0.2) is 133 Å². The van der Waals surface area contributed by atoms with E-state index in [0.29, 0.717) is 61.8 Å². The summed E-state index contributed by atoms with van der Waals surface area (Å²) in [7, 11) is 0. The van der Waals surface area contributed by atoms with Crippen LogP contribution in [-0.2, 0) is 6.18 Å². The zero-order valence-corrected chi connectivity index (χ0v) is 42.6. The van der Waals surface area contributed by atoms with Gasteiger partial charge in [0.15, 0.2) is 11.5 Å². The lowest BCUT2D eigenvalue weighted by molar-refractivity contribution is -0.137. The highest BCUT2D eigenvalue weighted by atomic mass is 35.5. The summed E-state index contributed by atoms with van der Waals surface area (Å²) in [6.07, 6.45) is -3.03. The van der Waals surface area contributed by atoms with Crippen molar-refractivity contribution in [3.05, 3.63) is 165 Å². The summed E-state index contributed by atoms with van der Waals surface area (Å²) in [6, 6.07) is 34.8. The summed E-state index contributed by atoms with van der Waals surface area (Å²) < 4.78 is 91.1. The van der Waals surface area contributed by atoms with Crippen molar-refractivity contribution in [2.45, 2.75) is 19.0 Å². The van der Waals surface area contributed by atoms with Crippen LogP contribution < -0.4 is 18.9 Å². The molecule has 0 saturated carbocycles.